The van der Waals surface area contributed by atoms with Gasteiger partial charge in [-0.2, -0.15) is 0 Å². The minimum Gasteiger partial charge on any atom is -0.488 e. The van der Waals surface area contributed by atoms with Crippen LogP contribution >= 0.6 is 0 Å². The number of para-hydroxylation sites is 1. The molecule has 0 heterocycles. The number of rotatable bonds is 7. The maximum Gasteiger partial charge on any atom is 0.165 e. The topological polar surface area (TPSA) is 41.5 Å². The molecule has 100 valence electrons. The van der Waals surface area contributed by atoms with Crippen molar-refractivity contribution >= 4 is 0 Å². The van der Waals surface area contributed by atoms with Crippen molar-refractivity contribution in [2.75, 3.05) is 19.7 Å². The summed E-state index contributed by atoms with van der Waals surface area (Å²) in [5, 5.41) is 12.9. The predicted octanol–water partition coefficient (Wildman–Crippen LogP) is 1.81. The zero-order chi connectivity index (χ0) is 13.0. The van der Waals surface area contributed by atoms with E-state index in [2.05, 4.69) is 12.2 Å². The van der Waals surface area contributed by atoms with Crippen LogP contribution in [0.3, 0.4) is 0 Å². The third kappa shape index (κ3) is 3.96. The minimum absolute atomic E-state index is 0.105. The van der Waals surface area contributed by atoms with E-state index in [-0.39, 0.29) is 12.4 Å². The normalized spacial score (nSPS) is 23.7. The molecule has 3 unspecified atom stereocenters. The van der Waals surface area contributed by atoms with Crippen LogP contribution in [0.15, 0.2) is 24.3 Å². The van der Waals surface area contributed by atoms with Crippen molar-refractivity contribution in [2.45, 2.75) is 19.4 Å². The fraction of sp³-hybridized carbons (Fsp3) is 0.571. The van der Waals surface area contributed by atoms with Crippen molar-refractivity contribution in [3.8, 4) is 5.75 Å². The van der Waals surface area contributed by atoms with Crippen molar-refractivity contribution in [1.82, 2.24) is 5.32 Å². The number of aliphatic hydroxyl groups is 1. The third-order valence-corrected chi connectivity index (χ3v) is 3.33. The number of halogens is 1. The molecular weight excluding hydrogens is 233 g/mol. The minimum atomic E-state index is -0.612. The first-order chi connectivity index (χ1) is 8.66. The van der Waals surface area contributed by atoms with Crippen LogP contribution < -0.4 is 10.1 Å². The Morgan fingerprint density at radius 1 is 1.50 bits per heavy atom. The van der Waals surface area contributed by atoms with Gasteiger partial charge in [-0.25, -0.2) is 4.39 Å². The molecule has 1 fully saturated rings. The van der Waals surface area contributed by atoms with Crippen molar-refractivity contribution in [3.63, 3.8) is 0 Å². The van der Waals surface area contributed by atoms with Crippen LogP contribution in [0.1, 0.15) is 13.3 Å². The molecule has 1 aromatic carbocycles. The highest BCUT2D eigenvalue weighted by atomic mass is 19.1. The van der Waals surface area contributed by atoms with E-state index in [9.17, 15) is 9.50 Å². The van der Waals surface area contributed by atoms with Gasteiger partial charge in [0, 0.05) is 6.54 Å². The number of nitrogens with one attached hydrogen (secondary N) is 1. The van der Waals surface area contributed by atoms with Crippen LogP contribution in [0.5, 0.6) is 5.75 Å². The van der Waals surface area contributed by atoms with Gasteiger partial charge >= 0.3 is 0 Å². The second-order valence-electron chi connectivity index (χ2n) is 5.03. The lowest BCUT2D eigenvalue weighted by atomic mass is 10.3. The van der Waals surface area contributed by atoms with E-state index in [1.165, 1.54) is 12.5 Å². The van der Waals surface area contributed by atoms with E-state index in [0.717, 1.165) is 18.4 Å². The number of benzene rings is 1. The summed E-state index contributed by atoms with van der Waals surface area (Å²) in [6, 6.07) is 6.21. The number of hydrogen-bond acceptors (Lipinski definition) is 3. The molecule has 0 amide bonds. The van der Waals surface area contributed by atoms with Crippen molar-refractivity contribution < 1.29 is 14.2 Å². The van der Waals surface area contributed by atoms with E-state index in [0.29, 0.717) is 6.54 Å². The molecule has 1 aromatic rings. The highest BCUT2D eigenvalue weighted by Crippen LogP contribution is 2.36. The summed E-state index contributed by atoms with van der Waals surface area (Å²) in [6.45, 7) is 3.76. The van der Waals surface area contributed by atoms with Crippen molar-refractivity contribution in [3.05, 3.63) is 30.1 Å². The van der Waals surface area contributed by atoms with Gasteiger partial charge in [-0.1, -0.05) is 19.1 Å². The lowest BCUT2D eigenvalue weighted by Crippen LogP contribution is -2.32. The molecule has 0 bridgehead atoms. The van der Waals surface area contributed by atoms with Crippen molar-refractivity contribution in [2.24, 2.45) is 11.8 Å². The Bertz CT molecular complexity index is 386. The molecule has 0 saturated heterocycles. The summed E-state index contributed by atoms with van der Waals surface area (Å²) in [5.74, 6) is 1.35. The zero-order valence-corrected chi connectivity index (χ0v) is 10.6. The standard InChI is InChI=1S/C14H20FNO2/c1-10-6-11(10)7-16-8-12(17)9-18-14-5-3-2-4-13(14)15/h2-5,10-12,16-17H,6-9H2,1H3. The smallest absolute Gasteiger partial charge is 0.165 e. The zero-order valence-electron chi connectivity index (χ0n) is 10.6. The SMILES string of the molecule is CC1CC1CNCC(O)COc1ccccc1F. The average Bonchev–Trinajstić information content (AvgIpc) is 3.04. The highest BCUT2D eigenvalue weighted by molar-refractivity contribution is 5.23. The van der Waals surface area contributed by atoms with Crippen LogP contribution in [-0.4, -0.2) is 30.9 Å². The molecule has 0 aliphatic heterocycles. The third-order valence-electron chi connectivity index (χ3n) is 3.33. The van der Waals surface area contributed by atoms with Gasteiger partial charge in [-0.3, -0.25) is 0 Å². The predicted molar refractivity (Wildman–Crippen MR) is 68.0 cm³/mol. The van der Waals surface area contributed by atoms with Crippen LogP contribution in [0, 0.1) is 17.7 Å². The largest absolute Gasteiger partial charge is 0.488 e. The first-order valence-electron chi connectivity index (χ1n) is 6.43. The molecule has 0 spiro atoms. The molecule has 0 aromatic heterocycles. The quantitative estimate of drug-likeness (QED) is 0.778. The second kappa shape index (κ2) is 6.16. The Morgan fingerprint density at radius 3 is 2.89 bits per heavy atom. The van der Waals surface area contributed by atoms with Gasteiger partial charge in [0.25, 0.3) is 0 Å². The molecule has 3 nitrogen and oxygen atoms in total. The Hall–Kier alpha value is -1.13. The maximum atomic E-state index is 13.2. The fourth-order valence-electron chi connectivity index (χ4n) is 1.93. The van der Waals surface area contributed by atoms with E-state index in [4.69, 9.17) is 4.74 Å². The van der Waals surface area contributed by atoms with Gasteiger partial charge in [-0.05, 0) is 36.9 Å². The molecule has 18 heavy (non-hydrogen) atoms. The fourth-order valence-corrected chi connectivity index (χ4v) is 1.93. The maximum absolute atomic E-state index is 13.2. The summed E-state index contributed by atoms with van der Waals surface area (Å²) < 4.78 is 18.5. The molecule has 1 saturated carbocycles. The first kappa shape index (κ1) is 13.3. The lowest BCUT2D eigenvalue weighted by Gasteiger charge is -2.13. The van der Waals surface area contributed by atoms with Gasteiger partial charge < -0.3 is 15.2 Å². The van der Waals surface area contributed by atoms with E-state index < -0.39 is 11.9 Å². The first-order valence-corrected chi connectivity index (χ1v) is 6.43. The van der Waals surface area contributed by atoms with Gasteiger partial charge in [0.2, 0.25) is 0 Å². The number of hydrogen-bond donors (Lipinski definition) is 2. The van der Waals surface area contributed by atoms with Crippen LogP contribution in [0.4, 0.5) is 4.39 Å². The lowest BCUT2D eigenvalue weighted by molar-refractivity contribution is 0.104. The molecule has 1 aliphatic carbocycles. The van der Waals surface area contributed by atoms with Gasteiger partial charge in [-0.15, -0.1) is 0 Å². The monoisotopic (exact) mass is 253 g/mol. The van der Waals surface area contributed by atoms with Crippen molar-refractivity contribution in [1.29, 1.82) is 0 Å². The number of aliphatic hydroxyl groups excluding tert-OH is 1. The summed E-state index contributed by atoms with van der Waals surface area (Å²) in [7, 11) is 0. The van der Waals surface area contributed by atoms with E-state index in [1.54, 1.807) is 18.2 Å². The molecule has 4 heteroatoms. The molecule has 2 rings (SSSR count). The summed E-state index contributed by atoms with van der Waals surface area (Å²) in [5.41, 5.74) is 0. The molecule has 2 N–H and O–H groups in total. The highest BCUT2D eigenvalue weighted by Gasteiger charge is 2.31. The molecule has 3 atom stereocenters. The molecule has 1 aliphatic rings. The Balaban J connectivity index is 1.62. The average molecular weight is 253 g/mol. The summed E-state index contributed by atoms with van der Waals surface area (Å²) >= 11 is 0. The summed E-state index contributed by atoms with van der Waals surface area (Å²) in [4.78, 5) is 0. The van der Waals surface area contributed by atoms with Crippen LogP contribution in [0.25, 0.3) is 0 Å². The van der Waals surface area contributed by atoms with Gasteiger partial charge in [0.15, 0.2) is 11.6 Å². The Morgan fingerprint density at radius 2 is 2.22 bits per heavy atom. The van der Waals surface area contributed by atoms with Crippen LogP contribution in [-0.2, 0) is 0 Å². The second-order valence-corrected chi connectivity index (χ2v) is 5.03. The Labute approximate surface area is 107 Å². The number of ether oxygens (including phenoxy) is 1. The van der Waals surface area contributed by atoms with Gasteiger partial charge in [0.1, 0.15) is 12.7 Å². The van der Waals surface area contributed by atoms with E-state index >= 15 is 0 Å². The molecular formula is C14H20FNO2. The van der Waals surface area contributed by atoms with Crippen LogP contribution in [0.2, 0.25) is 0 Å². The summed E-state index contributed by atoms with van der Waals surface area (Å²) in [6.07, 6.45) is 0.660. The van der Waals surface area contributed by atoms with E-state index in [1.807, 2.05) is 0 Å². The van der Waals surface area contributed by atoms with Gasteiger partial charge in [0.05, 0.1) is 0 Å². The molecule has 0 radical (unpaired) electrons. The Kier molecular flexibility index (Phi) is 4.55.